The van der Waals surface area contributed by atoms with Crippen LogP contribution in [0.3, 0.4) is 0 Å². The summed E-state index contributed by atoms with van der Waals surface area (Å²) >= 11 is 0. The van der Waals surface area contributed by atoms with Crippen LogP contribution in [0.2, 0.25) is 0 Å². The Labute approximate surface area is 92.9 Å². The van der Waals surface area contributed by atoms with Gasteiger partial charge in [0.15, 0.2) is 5.76 Å². The first-order valence-electron chi connectivity index (χ1n) is 4.74. The van der Waals surface area contributed by atoms with Gasteiger partial charge in [0.1, 0.15) is 0 Å². The minimum absolute atomic E-state index is 0.167. The van der Waals surface area contributed by atoms with Gasteiger partial charge in [0, 0.05) is 5.56 Å². The number of nitrogens with zero attached hydrogens (tertiary/aromatic N) is 1. The van der Waals surface area contributed by atoms with Gasteiger partial charge < -0.3 is 9.84 Å². The maximum absolute atomic E-state index is 11.3. The molecule has 5 nitrogen and oxygen atoms in total. The molecule has 1 aromatic carbocycles. The Balaban J connectivity index is 3.09. The predicted octanol–water partition coefficient (Wildman–Crippen LogP) is 2.51. The van der Waals surface area contributed by atoms with Gasteiger partial charge in [0.25, 0.3) is 0 Å². The summed E-state index contributed by atoms with van der Waals surface area (Å²) in [6.07, 6.45) is 0. The third-order valence-corrected chi connectivity index (χ3v) is 1.85. The highest BCUT2D eigenvalue weighted by Gasteiger charge is 2.17. The molecule has 0 aliphatic rings. The highest BCUT2D eigenvalue weighted by molar-refractivity contribution is 5.95. The van der Waals surface area contributed by atoms with Crippen LogP contribution in [0.1, 0.15) is 12.5 Å². The molecule has 0 saturated carbocycles. The predicted molar refractivity (Wildman–Crippen MR) is 57.8 cm³/mol. The van der Waals surface area contributed by atoms with Gasteiger partial charge in [-0.3, -0.25) is 0 Å². The minimum Gasteiger partial charge on any atom is -0.505 e. The van der Waals surface area contributed by atoms with Crippen LogP contribution in [0.25, 0.3) is 5.76 Å². The molecule has 1 aromatic rings. The number of aliphatic hydroxyl groups is 1. The van der Waals surface area contributed by atoms with Crippen LogP contribution in [0, 0.1) is 5.53 Å². The van der Waals surface area contributed by atoms with E-state index >= 15 is 0 Å². The van der Waals surface area contributed by atoms with Crippen LogP contribution in [-0.4, -0.2) is 17.7 Å². The monoisotopic (exact) mass is 220 g/mol. The molecule has 16 heavy (non-hydrogen) atoms. The SMILES string of the molecule is CCOC(=O)C(N=N)=C(O)c1ccccc1. The highest BCUT2D eigenvalue weighted by Crippen LogP contribution is 2.17. The van der Waals surface area contributed by atoms with E-state index < -0.39 is 11.7 Å². The lowest BCUT2D eigenvalue weighted by Gasteiger charge is -2.04. The fourth-order valence-corrected chi connectivity index (χ4v) is 1.13. The van der Waals surface area contributed by atoms with Crippen molar-refractivity contribution in [3.05, 3.63) is 41.6 Å². The minimum atomic E-state index is -0.807. The fraction of sp³-hybridized carbons (Fsp3) is 0.182. The third-order valence-electron chi connectivity index (χ3n) is 1.85. The zero-order valence-electron chi connectivity index (χ0n) is 8.80. The number of benzene rings is 1. The third kappa shape index (κ3) is 2.66. The van der Waals surface area contributed by atoms with Gasteiger partial charge in [-0.15, -0.1) is 5.11 Å². The van der Waals surface area contributed by atoms with E-state index in [1.807, 2.05) is 0 Å². The molecule has 0 atom stereocenters. The lowest BCUT2D eigenvalue weighted by atomic mass is 10.1. The number of carbonyl (C=O) groups is 1. The van der Waals surface area contributed by atoms with E-state index in [-0.39, 0.29) is 12.4 Å². The maximum atomic E-state index is 11.3. The van der Waals surface area contributed by atoms with E-state index in [0.717, 1.165) is 0 Å². The van der Waals surface area contributed by atoms with Crippen LogP contribution in [-0.2, 0) is 9.53 Å². The number of nitrogens with one attached hydrogen (secondary N) is 1. The summed E-state index contributed by atoms with van der Waals surface area (Å²) < 4.78 is 4.67. The van der Waals surface area contributed by atoms with E-state index in [1.54, 1.807) is 37.3 Å². The molecule has 0 radical (unpaired) electrons. The number of hydrogen-bond donors (Lipinski definition) is 2. The molecule has 0 heterocycles. The van der Waals surface area contributed by atoms with Gasteiger partial charge in [-0.05, 0) is 6.92 Å². The molecular formula is C11H12N2O3. The molecule has 0 aliphatic carbocycles. The Kier molecular flexibility index (Phi) is 4.20. The van der Waals surface area contributed by atoms with Crippen molar-refractivity contribution < 1.29 is 14.6 Å². The van der Waals surface area contributed by atoms with Crippen LogP contribution in [0.15, 0.2) is 41.1 Å². The Morgan fingerprint density at radius 3 is 2.56 bits per heavy atom. The maximum Gasteiger partial charge on any atom is 0.362 e. The Bertz CT molecular complexity index is 412. The van der Waals surface area contributed by atoms with Gasteiger partial charge in [-0.1, -0.05) is 30.3 Å². The molecule has 1 rings (SSSR count). The van der Waals surface area contributed by atoms with E-state index in [4.69, 9.17) is 5.53 Å². The smallest absolute Gasteiger partial charge is 0.362 e. The zero-order chi connectivity index (χ0) is 12.0. The molecule has 0 bridgehead atoms. The van der Waals surface area contributed by atoms with E-state index in [0.29, 0.717) is 5.56 Å². The fourth-order valence-electron chi connectivity index (χ4n) is 1.13. The molecule has 0 spiro atoms. The number of rotatable bonds is 4. The normalized spacial score (nSPS) is 11.6. The van der Waals surface area contributed by atoms with Gasteiger partial charge >= 0.3 is 5.97 Å². The first-order chi connectivity index (χ1) is 7.70. The van der Waals surface area contributed by atoms with Crippen molar-refractivity contribution in [2.75, 3.05) is 6.61 Å². The first kappa shape index (κ1) is 11.9. The summed E-state index contributed by atoms with van der Waals surface area (Å²) in [7, 11) is 0. The summed E-state index contributed by atoms with van der Waals surface area (Å²) in [4.78, 5) is 11.3. The Hall–Kier alpha value is -2.17. The summed E-state index contributed by atoms with van der Waals surface area (Å²) in [5.74, 6) is -1.16. The second kappa shape index (κ2) is 5.65. The topological polar surface area (TPSA) is 82.7 Å². The summed E-state index contributed by atoms with van der Waals surface area (Å²) in [6.45, 7) is 1.80. The number of aliphatic hydroxyl groups excluding tert-OH is 1. The second-order valence-electron chi connectivity index (χ2n) is 2.90. The molecule has 0 saturated heterocycles. The average molecular weight is 220 g/mol. The van der Waals surface area contributed by atoms with Gasteiger partial charge in [0.2, 0.25) is 5.70 Å². The molecule has 84 valence electrons. The number of ether oxygens (including phenoxy) is 1. The lowest BCUT2D eigenvalue weighted by molar-refractivity contribution is -0.138. The Morgan fingerprint density at radius 1 is 1.44 bits per heavy atom. The zero-order valence-corrected chi connectivity index (χ0v) is 8.80. The average Bonchev–Trinajstić information content (AvgIpc) is 2.31. The standard InChI is InChI=1S/C11H12N2O3/c1-2-16-11(15)9(13-12)10(14)8-6-4-3-5-7-8/h3-7,12,14H,2H2,1H3. The number of hydrogen-bond acceptors (Lipinski definition) is 5. The van der Waals surface area contributed by atoms with Crippen molar-refractivity contribution in [1.29, 1.82) is 5.53 Å². The number of esters is 1. The molecule has 5 heteroatoms. The molecular weight excluding hydrogens is 208 g/mol. The van der Waals surface area contributed by atoms with Crippen molar-refractivity contribution in [2.45, 2.75) is 6.92 Å². The van der Waals surface area contributed by atoms with E-state index in [1.165, 1.54) is 0 Å². The Morgan fingerprint density at radius 2 is 2.06 bits per heavy atom. The van der Waals surface area contributed by atoms with Gasteiger partial charge in [-0.2, -0.15) is 0 Å². The van der Waals surface area contributed by atoms with Crippen molar-refractivity contribution in [3.63, 3.8) is 0 Å². The van der Waals surface area contributed by atoms with E-state index in [2.05, 4.69) is 9.85 Å². The molecule has 0 aliphatic heterocycles. The van der Waals surface area contributed by atoms with Gasteiger partial charge in [0.05, 0.1) is 6.61 Å². The molecule has 0 amide bonds. The van der Waals surface area contributed by atoms with Crippen LogP contribution in [0.5, 0.6) is 0 Å². The van der Waals surface area contributed by atoms with Crippen LogP contribution >= 0.6 is 0 Å². The first-order valence-corrected chi connectivity index (χ1v) is 4.74. The van der Waals surface area contributed by atoms with E-state index in [9.17, 15) is 9.90 Å². The van der Waals surface area contributed by atoms with Crippen molar-refractivity contribution in [2.24, 2.45) is 5.11 Å². The quantitative estimate of drug-likeness (QED) is 0.354. The number of carbonyl (C=O) groups excluding carboxylic acids is 1. The molecule has 0 fully saturated rings. The molecule has 0 unspecified atom stereocenters. The van der Waals surface area contributed by atoms with Crippen molar-refractivity contribution in [1.82, 2.24) is 0 Å². The van der Waals surface area contributed by atoms with Gasteiger partial charge in [-0.25, -0.2) is 10.3 Å². The summed E-state index contributed by atoms with van der Waals surface area (Å²) in [5.41, 5.74) is 6.88. The molecule has 0 aromatic heterocycles. The van der Waals surface area contributed by atoms with Crippen molar-refractivity contribution >= 4 is 11.7 Å². The van der Waals surface area contributed by atoms with Crippen LogP contribution in [0.4, 0.5) is 0 Å². The molecule has 2 N–H and O–H groups in total. The largest absolute Gasteiger partial charge is 0.505 e. The lowest BCUT2D eigenvalue weighted by Crippen LogP contribution is -2.08. The van der Waals surface area contributed by atoms with Crippen molar-refractivity contribution in [3.8, 4) is 0 Å². The summed E-state index contributed by atoms with van der Waals surface area (Å²) in [6, 6.07) is 8.41. The highest BCUT2D eigenvalue weighted by atomic mass is 16.5. The van der Waals surface area contributed by atoms with Crippen LogP contribution < -0.4 is 0 Å². The second-order valence-corrected chi connectivity index (χ2v) is 2.90. The summed E-state index contributed by atoms with van der Waals surface area (Å²) in [5, 5.41) is 12.7.